The molecule has 0 radical (unpaired) electrons. The number of hydrogen-bond donors (Lipinski definition) is 0. The molecule has 118 valence electrons. The van der Waals surface area contributed by atoms with Crippen LogP contribution in [0.1, 0.15) is 11.1 Å². The summed E-state index contributed by atoms with van der Waals surface area (Å²) >= 11 is 0. The van der Waals surface area contributed by atoms with Gasteiger partial charge in [-0.3, -0.25) is 10.1 Å². The van der Waals surface area contributed by atoms with E-state index in [0.717, 1.165) is 12.1 Å². The molecule has 0 saturated carbocycles. The van der Waals surface area contributed by atoms with Crippen molar-refractivity contribution >= 4 is 15.8 Å². The van der Waals surface area contributed by atoms with Gasteiger partial charge in [0.05, 0.1) is 16.6 Å². The summed E-state index contributed by atoms with van der Waals surface area (Å²) in [6.45, 7) is 0. The molecular weight excluding hydrogens is 327 g/mol. The Morgan fingerprint density at radius 1 is 1.26 bits per heavy atom. The van der Waals surface area contributed by atoms with Gasteiger partial charge in [0.2, 0.25) is 5.75 Å². The lowest BCUT2D eigenvalue weighted by Gasteiger charge is -2.08. The Kier molecular flexibility index (Phi) is 4.57. The van der Waals surface area contributed by atoms with Crippen molar-refractivity contribution in [2.75, 3.05) is 0 Å². The molecule has 7 nitrogen and oxygen atoms in total. The maximum Gasteiger partial charge on any atom is 0.313 e. The molecule has 9 heteroatoms. The van der Waals surface area contributed by atoms with Gasteiger partial charge in [0.15, 0.2) is 0 Å². The fraction of sp³-hybridized carbons (Fsp3) is 0.0714. The molecule has 2 aromatic carbocycles. The third-order valence-corrected chi connectivity index (χ3v) is 3.86. The zero-order chi connectivity index (χ0) is 17.0. The molecule has 2 aromatic rings. The van der Waals surface area contributed by atoms with Crippen molar-refractivity contribution in [3.05, 3.63) is 69.5 Å². The van der Waals surface area contributed by atoms with E-state index >= 15 is 0 Å². The van der Waals surface area contributed by atoms with Crippen molar-refractivity contribution in [3.8, 4) is 11.8 Å². The number of nitriles is 1. The first-order chi connectivity index (χ1) is 10.8. The van der Waals surface area contributed by atoms with E-state index in [-0.39, 0.29) is 11.1 Å². The minimum atomic E-state index is -4.27. The molecule has 0 aromatic heterocycles. The maximum absolute atomic E-state index is 13.2. The predicted molar refractivity (Wildman–Crippen MR) is 77.5 cm³/mol. The van der Waals surface area contributed by atoms with E-state index in [4.69, 9.17) is 5.26 Å². The van der Waals surface area contributed by atoms with E-state index in [1.165, 1.54) is 24.3 Å². The van der Waals surface area contributed by atoms with Gasteiger partial charge in [-0.15, -0.1) is 0 Å². The van der Waals surface area contributed by atoms with E-state index in [0.29, 0.717) is 6.07 Å². The van der Waals surface area contributed by atoms with Crippen LogP contribution in [0.5, 0.6) is 5.75 Å². The van der Waals surface area contributed by atoms with Gasteiger partial charge in [-0.05, 0) is 23.8 Å². The van der Waals surface area contributed by atoms with Gasteiger partial charge in [-0.1, -0.05) is 12.1 Å². The highest BCUT2D eigenvalue weighted by molar-refractivity contribution is 7.86. The summed E-state index contributed by atoms with van der Waals surface area (Å²) in [4.78, 5) is 9.96. The summed E-state index contributed by atoms with van der Waals surface area (Å²) in [5.74, 6) is -2.19. The van der Waals surface area contributed by atoms with Crippen LogP contribution in [0.3, 0.4) is 0 Å². The lowest BCUT2D eigenvalue weighted by atomic mass is 10.2. The second-order valence-corrected chi connectivity index (χ2v) is 6.04. The van der Waals surface area contributed by atoms with Crippen LogP contribution in [-0.4, -0.2) is 13.3 Å². The maximum atomic E-state index is 13.2. The summed E-state index contributed by atoms with van der Waals surface area (Å²) in [6, 6.07) is 9.93. The quantitative estimate of drug-likeness (QED) is 0.471. The van der Waals surface area contributed by atoms with Gasteiger partial charge >= 0.3 is 15.8 Å². The molecule has 0 N–H and O–H groups in total. The van der Waals surface area contributed by atoms with Gasteiger partial charge < -0.3 is 4.18 Å². The van der Waals surface area contributed by atoms with Gasteiger partial charge in [0.1, 0.15) is 11.6 Å². The minimum Gasteiger partial charge on any atom is -0.375 e. The monoisotopic (exact) mass is 336 g/mol. The van der Waals surface area contributed by atoms with Crippen LogP contribution in [0, 0.1) is 27.3 Å². The number of rotatable bonds is 5. The number of hydrogen-bond acceptors (Lipinski definition) is 6. The van der Waals surface area contributed by atoms with Gasteiger partial charge in [0.25, 0.3) is 0 Å². The number of nitro benzene ring substituents is 1. The second-order valence-electron chi connectivity index (χ2n) is 4.47. The van der Waals surface area contributed by atoms with Crippen LogP contribution in [-0.2, 0) is 15.9 Å². The summed E-state index contributed by atoms with van der Waals surface area (Å²) < 4.78 is 41.8. The van der Waals surface area contributed by atoms with E-state index < -0.39 is 38.0 Å². The van der Waals surface area contributed by atoms with Gasteiger partial charge in [-0.2, -0.15) is 13.7 Å². The van der Waals surface area contributed by atoms with E-state index in [9.17, 15) is 22.9 Å². The van der Waals surface area contributed by atoms with Crippen molar-refractivity contribution in [2.45, 2.75) is 5.75 Å². The lowest BCUT2D eigenvalue weighted by molar-refractivity contribution is -0.385. The second kappa shape index (κ2) is 6.41. The predicted octanol–water partition coefficient (Wildman–Crippen LogP) is 2.51. The molecule has 0 aliphatic rings. The molecular formula is C14H9FN2O5S. The Hall–Kier alpha value is -2.99. The molecule has 23 heavy (non-hydrogen) atoms. The highest BCUT2D eigenvalue weighted by Gasteiger charge is 2.22. The Bertz CT molecular complexity index is 906. The minimum absolute atomic E-state index is 0.259. The molecule has 0 saturated heterocycles. The fourth-order valence-electron chi connectivity index (χ4n) is 1.81. The average Bonchev–Trinajstić information content (AvgIpc) is 2.46. The Morgan fingerprint density at radius 3 is 2.65 bits per heavy atom. The topological polar surface area (TPSA) is 110 Å². The van der Waals surface area contributed by atoms with E-state index in [2.05, 4.69) is 4.18 Å². The van der Waals surface area contributed by atoms with Gasteiger partial charge in [-0.25, -0.2) is 4.39 Å². The van der Waals surface area contributed by atoms with Crippen LogP contribution in [0.2, 0.25) is 0 Å². The zero-order valence-electron chi connectivity index (χ0n) is 11.5. The normalized spacial score (nSPS) is 10.8. The Labute approximate surface area is 130 Å². The summed E-state index contributed by atoms with van der Waals surface area (Å²) in [5.41, 5.74) is -0.140. The summed E-state index contributed by atoms with van der Waals surface area (Å²) in [7, 11) is -4.27. The first kappa shape index (κ1) is 16.4. The van der Waals surface area contributed by atoms with Crippen molar-refractivity contribution in [2.24, 2.45) is 0 Å². The van der Waals surface area contributed by atoms with Crippen LogP contribution in [0.25, 0.3) is 0 Å². The first-order valence-electron chi connectivity index (χ1n) is 6.16. The van der Waals surface area contributed by atoms with Crippen molar-refractivity contribution in [1.82, 2.24) is 0 Å². The molecule has 0 fully saturated rings. The van der Waals surface area contributed by atoms with Gasteiger partial charge in [0, 0.05) is 12.1 Å². The third-order valence-electron chi connectivity index (χ3n) is 2.73. The van der Waals surface area contributed by atoms with Crippen LogP contribution < -0.4 is 4.18 Å². The van der Waals surface area contributed by atoms with Crippen LogP contribution in [0.4, 0.5) is 10.1 Å². The first-order valence-corrected chi connectivity index (χ1v) is 7.73. The SMILES string of the molecule is N#Cc1cccc(CS(=O)(=O)Oc2cc(F)ccc2[N+](=O)[O-])c1. The van der Waals surface area contributed by atoms with Crippen molar-refractivity contribution in [1.29, 1.82) is 5.26 Å². The molecule has 0 atom stereocenters. The highest BCUT2D eigenvalue weighted by atomic mass is 32.2. The van der Waals surface area contributed by atoms with E-state index in [1.54, 1.807) is 0 Å². The molecule has 0 bridgehead atoms. The standard InChI is InChI=1S/C14H9FN2O5S/c15-12-4-5-13(17(18)19)14(7-12)22-23(20,21)9-11-3-1-2-10(6-11)8-16/h1-7H,9H2. The van der Waals surface area contributed by atoms with Crippen molar-refractivity contribution < 1.29 is 21.9 Å². The molecule has 2 rings (SSSR count). The lowest BCUT2D eigenvalue weighted by Crippen LogP contribution is -2.13. The van der Waals surface area contributed by atoms with Crippen LogP contribution >= 0.6 is 0 Å². The average molecular weight is 336 g/mol. The smallest absolute Gasteiger partial charge is 0.313 e. The molecule has 0 aliphatic carbocycles. The number of benzene rings is 2. The molecule has 0 spiro atoms. The number of halogens is 1. The molecule has 0 aliphatic heterocycles. The number of nitro groups is 1. The molecule has 0 amide bonds. The summed E-state index contributed by atoms with van der Waals surface area (Å²) in [6.07, 6.45) is 0. The Balaban J connectivity index is 2.30. The number of nitrogens with zero attached hydrogens (tertiary/aromatic N) is 2. The van der Waals surface area contributed by atoms with Crippen LogP contribution in [0.15, 0.2) is 42.5 Å². The fourth-order valence-corrected chi connectivity index (χ4v) is 2.86. The largest absolute Gasteiger partial charge is 0.375 e. The highest BCUT2D eigenvalue weighted by Crippen LogP contribution is 2.29. The van der Waals surface area contributed by atoms with E-state index in [1.807, 2.05) is 6.07 Å². The molecule has 0 heterocycles. The molecule has 0 unspecified atom stereocenters. The zero-order valence-corrected chi connectivity index (χ0v) is 12.3. The third kappa shape index (κ3) is 4.24. The summed E-state index contributed by atoms with van der Waals surface area (Å²) in [5, 5.41) is 19.6. The van der Waals surface area contributed by atoms with Crippen molar-refractivity contribution in [3.63, 3.8) is 0 Å². The Morgan fingerprint density at radius 2 is 2.00 bits per heavy atom.